The van der Waals surface area contributed by atoms with Crippen LogP contribution in [-0.2, 0) is 17.8 Å². The summed E-state index contributed by atoms with van der Waals surface area (Å²) >= 11 is 0. The minimum atomic E-state index is 0.0377. The number of hydrogen-bond acceptors (Lipinski definition) is 1. The molecule has 0 aliphatic rings. The van der Waals surface area contributed by atoms with E-state index in [0.29, 0.717) is 6.42 Å². The lowest BCUT2D eigenvalue weighted by Crippen LogP contribution is -2.26. The molecule has 3 aromatic rings. The number of amides is 1. The number of rotatable bonds is 6. The maximum atomic E-state index is 12.3. The number of nitrogens with one attached hydrogen (secondary N) is 1. The second-order valence-corrected chi connectivity index (χ2v) is 6.16. The van der Waals surface area contributed by atoms with Crippen molar-refractivity contribution in [2.75, 3.05) is 0 Å². The van der Waals surface area contributed by atoms with Gasteiger partial charge in [-0.25, -0.2) is 0 Å². The summed E-state index contributed by atoms with van der Waals surface area (Å²) in [6, 6.07) is 18.5. The van der Waals surface area contributed by atoms with Crippen molar-refractivity contribution in [3.05, 3.63) is 71.9 Å². The lowest BCUT2D eigenvalue weighted by atomic mass is 10.1. The van der Waals surface area contributed by atoms with Gasteiger partial charge in [-0.05, 0) is 37.5 Å². The molecule has 0 aliphatic heterocycles. The number of carbonyl (C=O) groups excluding carboxylic acids is 1. The van der Waals surface area contributed by atoms with Crippen LogP contribution in [0.25, 0.3) is 10.9 Å². The molecule has 0 bridgehead atoms. The molecule has 3 rings (SSSR count). The van der Waals surface area contributed by atoms with Crippen molar-refractivity contribution >= 4 is 16.8 Å². The van der Waals surface area contributed by atoms with Crippen LogP contribution in [0.4, 0.5) is 0 Å². The van der Waals surface area contributed by atoms with Crippen molar-refractivity contribution in [2.24, 2.45) is 0 Å². The molecule has 1 atom stereocenters. The molecule has 0 aliphatic carbocycles. The fourth-order valence-electron chi connectivity index (χ4n) is 3.17. The first-order valence-corrected chi connectivity index (χ1v) is 8.60. The summed E-state index contributed by atoms with van der Waals surface area (Å²) in [7, 11) is 0. The van der Waals surface area contributed by atoms with Crippen LogP contribution in [0.1, 0.15) is 37.4 Å². The zero-order valence-electron chi connectivity index (χ0n) is 14.3. The van der Waals surface area contributed by atoms with Gasteiger partial charge >= 0.3 is 0 Å². The molecular formula is C21H24N2O. The number of hydrogen-bond donors (Lipinski definition) is 1. The Hall–Kier alpha value is -2.55. The molecule has 0 spiro atoms. The molecule has 1 aromatic heterocycles. The molecule has 0 radical (unpaired) electrons. The van der Waals surface area contributed by atoms with Gasteiger partial charge < -0.3 is 9.88 Å². The Bertz CT molecular complexity index is 820. The third-order valence-corrected chi connectivity index (χ3v) is 4.51. The van der Waals surface area contributed by atoms with Gasteiger partial charge in [-0.3, -0.25) is 4.79 Å². The fraction of sp³-hybridized carbons (Fsp3) is 0.286. The van der Waals surface area contributed by atoms with Crippen molar-refractivity contribution in [2.45, 2.75) is 39.3 Å². The van der Waals surface area contributed by atoms with Crippen molar-refractivity contribution in [3.63, 3.8) is 0 Å². The summed E-state index contributed by atoms with van der Waals surface area (Å²) in [5.74, 6) is 0.0969. The standard InChI is InChI=1S/C21H24N2O/c1-3-23-15-18(19-11-7-8-12-20(19)23)13-14-21(24)22-16(2)17-9-5-4-6-10-17/h4-12,15-16H,3,13-14H2,1-2H3,(H,22,24)/t16-/m1/s1. The Balaban J connectivity index is 1.64. The minimum Gasteiger partial charge on any atom is -0.350 e. The van der Waals surface area contributed by atoms with Crippen LogP contribution in [0.3, 0.4) is 0 Å². The van der Waals surface area contributed by atoms with E-state index >= 15 is 0 Å². The first kappa shape index (κ1) is 16.3. The summed E-state index contributed by atoms with van der Waals surface area (Å²) in [5.41, 5.74) is 3.62. The van der Waals surface area contributed by atoms with E-state index in [1.807, 2.05) is 37.3 Å². The highest BCUT2D eigenvalue weighted by Gasteiger charge is 2.12. The highest BCUT2D eigenvalue weighted by molar-refractivity contribution is 5.85. The molecule has 3 heteroatoms. The monoisotopic (exact) mass is 320 g/mol. The maximum absolute atomic E-state index is 12.3. The normalized spacial score (nSPS) is 12.2. The molecular weight excluding hydrogens is 296 g/mol. The maximum Gasteiger partial charge on any atom is 0.220 e. The van der Waals surface area contributed by atoms with Gasteiger partial charge in [-0.2, -0.15) is 0 Å². The molecule has 0 unspecified atom stereocenters. The molecule has 124 valence electrons. The zero-order valence-corrected chi connectivity index (χ0v) is 14.3. The van der Waals surface area contributed by atoms with E-state index < -0.39 is 0 Å². The number of para-hydroxylation sites is 1. The van der Waals surface area contributed by atoms with Crippen LogP contribution in [0, 0.1) is 0 Å². The van der Waals surface area contributed by atoms with Gasteiger partial charge in [0.1, 0.15) is 0 Å². The number of fused-ring (bicyclic) bond motifs is 1. The van der Waals surface area contributed by atoms with E-state index in [2.05, 4.69) is 47.3 Å². The summed E-state index contributed by atoms with van der Waals surface area (Å²) in [5, 5.41) is 4.34. The molecule has 0 saturated carbocycles. The molecule has 1 N–H and O–H groups in total. The van der Waals surface area contributed by atoms with Crippen LogP contribution in [-0.4, -0.2) is 10.5 Å². The first-order valence-electron chi connectivity index (χ1n) is 8.60. The topological polar surface area (TPSA) is 34.0 Å². The van der Waals surface area contributed by atoms with E-state index in [9.17, 15) is 4.79 Å². The van der Waals surface area contributed by atoms with Gasteiger partial charge in [0.05, 0.1) is 6.04 Å². The number of carbonyl (C=O) groups is 1. The molecule has 0 saturated heterocycles. The van der Waals surface area contributed by atoms with Gasteiger partial charge in [-0.1, -0.05) is 48.5 Å². The van der Waals surface area contributed by atoms with Crippen molar-refractivity contribution in [1.82, 2.24) is 9.88 Å². The highest BCUT2D eigenvalue weighted by atomic mass is 16.1. The SMILES string of the molecule is CCn1cc(CCC(=O)N[C@H](C)c2ccccc2)c2ccccc21. The Labute approximate surface area is 143 Å². The first-order chi connectivity index (χ1) is 11.7. The van der Waals surface area contributed by atoms with Crippen molar-refractivity contribution < 1.29 is 4.79 Å². The van der Waals surface area contributed by atoms with Crippen LogP contribution >= 0.6 is 0 Å². The van der Waals surface area contributed by atoms with E-state index in [1.54, 1.807) is 0 Å². The summed E-state index contributed by atoms with van der Waals surface area (Å²) < 4.78 is 2.25. The second-order valence-electron chi connectivity index (χ2n) is 6.16. The van der Waals surface area contributed by atoms with E-state index in [1.165, 1.54) is 16.5 Å². The van der Waals surface area contributed by atoms with Gasteiger partial charge in [0.15, 0.2) is 0 Å². The van der Waals surface area contributed by atoms with Gasteiger partial charge in [0.25, 0.3) is 0 Å². The van der Waals surface area contributed by atoms with Crippen LogP contribution in [0.2, 0.25) is 0 Å². The van der Waals surface area contributed by atoms with Gasteiger partial charge in [0, 0.05) is 30.1 Å². The molecule has 24 heavy (non-hydrogen) atoms. The molecule has 3 nitrogen and oxygen atoms in total. The number of aromatic nitrogens is 1. The Kier molecular flexibility index (Phi) is 4.99. The summed E-state index contributed by atoms with van der Waals surface area (Å²) in [4.78, 5) is 12.3. The van der Waals surface area contributed by atoms with Crippen LogP contribution in [0.5, 0.6) is 0 Å². The van der Waals surface area contributed by atoms with Gasteiger partial charge in [-0.15, -0.1) is 0 Å². The third kappa shape index (κ3) is 3.51. The van der Waals surface area contributed by atoms with Gasteiger partial charge in [0.2, 0.25) is 5.91 Å². The Morgan fingerprint density at radius 3 is 2.54 bits per heavy atom. The highest BCUT2D eigenvalue weighted by Crippen LogP contribution is 2.22. The number of nitrogens with zero attached hydrogens (tertiary/aromatic N) is 1. The average molecular weight is 320 g/mol. The largest absolute Gasteiger partial charge is 0.350 e. The molecule has 1 amide bonds. The predicted molar refractivity (Wildman–Crippen MR) is 98.9 cm³/mol. The smallest absolute Gasteiger partial charge is 0.220 e. The van der Waals surface area contributed by atoms with E-state index in [0.717, 1.165) is 18.5 Å². The number of benzene rings is 2. The molecule has 2 aromatic carbocycles. The summed E-state index contributed by atoms with van der Waals surface area (Å²) in [6.07, 6.45) is 3.45. The zero-order chi connectivity index (χ0) is 16.9. The fourth-order valence-corrected chi connectivity index (χ4v) is 3.17. The average Bonchev–Trinajstić information content (AvgIpc) is 2.99. The van der Waals surface area contributed by atoms with Crippen molar-refractivity contribution in [1.29, 1.82) is 0 Å². The Morgan fingerprint density at radius 2 is 1.79 bits per heavy atom. The van der Waals surface area contributed by atoms with Crippen molar-refractivity contribution in [3.8, 4) is 0 Å². The molecule has 1 heterocycles. The van der Waals surface area contributed by atoms with E-state index in [4.69, 9.17) is 0 Å². The van der Waals surface area contributed by atoms with E-state index in [-0.39, 0.29) is 11.9 Å². The number of aryl methyl sites for hydroxylation is 2. The Morgan fingerprint density at radius 1 is 1.08 bits per heavy atom. The van der Waals surface area contributed by atoms with Crippen LogP contribution < -0.4 is 5.32 Å². The third-order valence-electron chi connectivity index (χ3n) is 4.51. The predicted octanol–water partition coefficient (Wildman–Crippen LogP) is 4.47. The van der Waals surface area contributed by atoms with Crippen LogP contribution in [0.15, 0.2) is 60.8 Å². The lowest BCUT2D eigenvalue weighted by molar-refractivity contribution is -0.121. The lowest BCUT2D eigenvalue weighted by Gasteiger charge is -2.14. The second kappa shape index (κ2) is 7.35. The molecule has 0 fully saturated rings. The quantitative estimate of drug-likeness (QED) is 0.714. The summed E-state index contributed by atoms with van der Waals surface area (Å²) in [6.45, 7) is 5.11. The minimum absolute atomic E-state index is 0.0377.